The lowest BCUT2D eigenvalue weighted by Gasteiger charge is -2.33. The van der Waals surface area contributed by atoms with Crippen molar-refractivity contribution < 1.29 is 18.4 Å². The van der Waals surface area contributed by atoms with E-state index in [0.717, 1.165) is 23.2 Å². The quantitative estimate of drug-likeness (QED) is 0.715. The zero-order valence-corrected chi connectivity index (χ0v) is 16.6. The Labute approximate surface area is 172 Å². The van der Waals surface area contributed by atoms with Gasteiger partial charge in [0.05, 0.1) is 23.1 Å². The number of fused-ring (bicyclic) bond motifs is 1. The average Bonchev–Trinajstić information content (AvgIpc) is 3.15. The van der Waals surface area contributed by atoms with Gasteiger partial charge in [0.25, 0.3) is 5.91 Å². The summed E-state index contributed by atoms with van der Waals surface area (Å²) in [7, 11) is 1.74. The number of carbonyl (C=O) groups is 2. The van der Waals surface area contributed by atoms with Crippen LogP contribution in [0.15, 0.2) is 42.5 Å². The van der Waals surface area contributed by atoms with Crippen molar-refractivity contribution in [3.8, 4) is 0 Å². The molecule has 0 radical (unpaired) electrons. The molecule has 0 unspecified atom stereocenters. The number of benzene rings is 2. The molecule has 8 heteroatoms. The van der Waals surface area contributed by atoms with Gasteiger partial charge >= 0.3 is 0 Å². The molecule has 0 atom stereocenters. The minimum absolute atomic E-state index is 0.00415. The number of amides is 2. The zero-order valence-electron chi connectivity index (χ0n) is 16.6. The van der Waals surface area contributed by atoms with Gasteiger partial charge in [0, 0.05) is 32.1 Å². The molecule has 156 valence electrons. The van der Waals surface area contributed by atoms with E-state index in [1.54, 1.807) is 11.9 Å². The van der Waals surface area contributed by atoms with Crippen LogP contribution in [0.4, 0.5) is 8.78 Å². The summed E-state index contributed by atoms with van der Waals surface area (Å²) in [4.78, 5) is 36.2. The number of likely N-dealkylation sites (tertiary alicyclic amines) is 1. The highest BCUT2D eigenvalue weighted by atomic mass is 19.1. The van der Waals surface area contributed by atoms with Gasteiger partial charge in [-0.3, -0.25) is 9.59 Å². The molecule has 2 amide bonds. The van der Waals surface area contributed by atoms with Crippen LogP contribution >= 0.6 is 0 Å². The minimum Gasteiger partial charge on any atom is -0.340 e. The minimum atomic E-state index is -0.872. The van der Waals surface area contributed by atoms with Gasteiger partial charge in [0.15, 0.2) is 0 Å². The van der Waals surface area contributed by atoms with Crippen LogP contribution in [0.1, 0.15) is 29.0 Å². The third-order valence-corrected chi connectivity index (χ3v) is 5.49. The normalized spacial score (nSPS) is 14.8. The molecular formula is C22H22F2N4O2. The van der Waals surface area contributed by atoms with Gasteiger partial charge in [-0.05, 0) is 37.1 Å². The standard InChI is InChI=1S/C22H22F2N4O2/c1-27(13-20-25-18-4-2-3-5-19(18)26-20)21(29)14-8-10-28(11-9-14)22(30)16-7-6-15(23)12-17(16)24/h2-7,12,14H,8-11,13H2,1H3,(H,25,26). The molecule has 1 N–H and O–H groups in total. The molecular weight excluding hydrogens is 390 g/mol. The topological polar surface area (TPSA) is 69.3 Å². The molecule has 0 bridgehead atoms. The number of carbonyl (C=O) groups excluding carboxylic acids is 2. The third-order valence-electron chi connectivity index (χ3n) is 5.49. The number of nitrogens with zero attached hydrogens (tertiary/aromatic N) is 3. The number of hydrogen-bond donors (Lipinski definition) is 1. The lowest BCUT2D eigenvalue weighted by molar-refractivity contribution is -0.136. The van der Waals surface area contributed by atoms with Gasteiger partial charge in [-0.2, -0.15) is 0 Å². The molecule has 2 heterocycles. The third kappa shape index (κ3) is 4.03. The second-order valence-electron chi connectivity index (χ2n) is 7.59. The monoisotopic (exact) mass is 412 g/mol. The number of imidazole rings is 1. The van der Waals surface area contributed by atoms with Crippen LogP contribution in [0.3, 0.4) is 0 Å². The van der Waals surface area contributed by atoms with Gasteiger partial charge in [-0.15, -0.1) is 0 Å². The summed E-state index contributed by atoms with van der Waals surface area (Å²) < 4.78 is 27.0. The van der Waals surface area contributed by atoms with E-state index in [2.05, 4.69) is 9.97 Å². The second-order valence-corrected chi connectivity index (χ2v) is 7.59. The van der Waals surface area contributed by atoms with E-state index < -0.39 is 17.5 Å². The summed E-state index contributed by atoms with van der Waals surface area (Å²) in [6, 6.07) is 10.6. The number of aromatic amines is 1. The van der Waals surface area contributed by atoms with Crippen molar-refractivity contribution in [3.05, 3.63) is 65.5 Å². The molecule has 2 aromatic carbocycles. The largest absolute Gasteiger partial charge is 0.340 e. The Bertz CT molecular complexity index is 1060. The fourth-order valence-electron chi connectivity index (χ4n) is 3.86. The summed E-state index contributed by atoms with van der Waals surface area (Å²) >= 11 is 0. The van der Waals surface area contributed by atoms with Crippen LogP contribution in [-0.2, 0) is 11.3 Å². The van der Waals surface area contributed by atoms with Crippen LogP contribution in [0.2, 0.25) is 0 Å². The highest BCUT2D eigenvalue weighted by molar-refractivity contribution is 5.94. The van der Waals surface area contributed by atoms with Crippen molar-refractivity contribution in [1.29, 1.82) is 0 Å². The number of piperidine rings is 1. The van der Waals surface area contributed by atoms with Gasteiger partial charge < -0.3 is 14.8 Å². The van der Waals surface area contributed by atoms with Gasteiger partial charge in [0.2, 0.25) is 5.91 Å². The molecule has 0 saturated carbocycles. The van der Waals surface area contributed by atoms with Crippen molar-refractivity contribution in [2.45, 2.75) is 19.4 Å². The maximum absolute atomic E-state index is 13.9. The van der Waals surface area contributed by atoms with Crippen LogP contribution in [-0.4, -0.2) is 51.7 Å². The number of para-hydroxylation sites is 2. The maximum atomic E-state index is 13.9. The molecule has 1 aromatic heterocycles. The molecule has 4 rings (SSSR count). The Kier molecular flexibility index (Phi) is 5.48. The number of aromatic nitrogens is 2. The first kappa shape index (κ1) is 20.0. The maximum Gasteiger partial charge on any atom is 0.256 e. The van der Waals surface area contributed by atoms with Crippen LogP contribution in [0.5, 0.6) is 0 Å². The summed E-state index contributed by atoms with van der Waals surface area (Å²) in [6.45, 7) is 1.07. The molecule has 1 saturated heterocycles. The van der Waals surface area contributed by atoms with Crippen molar-refractivity contribution >= 4 is 22.8 Å². The molecule has 30 heavy (non-hydrogen) atoms. The number of H-pyrrole nitrogens is 1. The second kappa shape index (κ2) is 8.22. The van der Waals surface area contributed by atoms with Crippen molar-refractivity contribution in [1.82, 2.24) is 19.8 Å². The summed E-state index contributed by atoms with van der Waals surface area (Å²) in [5, 5.41) is 0. The lowest BCUT2D eigenvalue weighted by Crippen LogP contribution is -2.43. The molecule has 0 aliphatic carbocycles. The average molecular weight is 412 g/mol. The first-order chi connectivity index (χ1) is 14.4. The predicted molar refractivity (Wildman–Crippen MR) is 108 cm³/mol. The van der Waals surface area contributed by atoms with Crippen molar-refractivity contribution in [2.24, 2.45) is 5.92 Å². The fourth-order valence-corrected chi connectivity index (χ4v) is 3.86. The SMILES string of the molecule is CN(Cc1nc2ccccc2[nH]1)C(=O)C1CCN(C(=O)c2ccc(F)cc2F)CC1. The van der Waals surface area contributed by atoms with E-state index in [4.69, 9.17) is 0 Å². The number of halogens is 2. The Balaban J connectivity index is 1.34. The summed E-state index contributed by atoms with van der Waals surface area (Å²) in [5.41, 5.74) is 1.63. The zero-order chi connectivity index (χ0) is 21.3. The van der Waals surface area contributed by atoms with Gasteiger partial charge in [-0.25, -0.2) is 13.8 Å². The van der Waals surface area contributed by atoms with Crippen LogP contribution < -0.4 is 0 Å². The molecule has 1 aliphatic rings. The number of rotatable bonds is 4. The molecule has 1 fully saturated rings. The number of hydrogen-bond acceptors (Lipinski definition) is 3. The van der Waals surface area contributed by atoms with Gasteiger partial charge in [-0.1, -0.05) is 12.1 Å². The van der Waals surface area contributed by atoms with E-state index >= 15 is 0 Å². The highest BCUT2D eigenvalue weighted by Crippen LogP contribution is 2.23. The van der Waals surface area contributed by atoms with Crippen molar-refractivity contribution in [3.63, 3.8) is 0 Å². The Hall–Kier alpha value is -3.29. The first-order valence-corrected chi connectivity index (χ1v) is 9.85. The predicted octanol–water partition coefficient (Wildman–Crippen LogP) is 3.35. The number of nitrogens with one attached hydrogen (secondary N) is 1. The summed E-state index contributed by atoms with van der Waals surface area (Å²) in [5.74, 6) is -1.57. The Morgan fingerprint density at radius 2 is 1.90 bits per heavy atom. The van der Waals surface area contributed by atoms with E-state index in [1.165, 1.54) is 4.90 Å². The smallest absolute Gasteiger partial charge is 0.256 e. The Morgan fingerprint density at radius 1 is 1.17 bits per heavy atom. The van der Waals surface area contributed by atoms with E-state index in [0.29, 0.717) is 44.4 Å². The van der Waals surface area contributed by atoms with E-state index in [9.17, 15) is 18.4 Å². The van der Waals surface area contributed by atoms with E-state index in [1.807, 2.05) is 24.3 Å². The van der Waals surface area contributed by atoms with Crippen LogP contribution in [0, 0.1) is 17.6 Å². The highest BCUT2D eigenvalue weighted by Gasteiger charge is 2.30. The van der Waals surface area contributed by atoms with Gasteiger partial charge in [0.1, 0.15) is 17.5 Å². The molecule has 6 nitrogen and oxygen atoms in total. The molecule has 3 aromatic rings. The van der Waals surface area contributed by atoms with Crippen molar-refractivity contribution in [2.75, 3.05) is 20.1 Å². The fraction of sp³-hybridized carbons (Fsp3) is 0.318. The van der Waals surface area contributed by atoms with E-state index in [-0.39, 0.29) is 17.4 Å². The Morgan fingerprint density at radius 3 is 2.60 bits per heavy atom. The molecule has 1 aliphatic heterocycles. The summed E-state index contributed by atoms with van der Waals surface area (Å²) in [6.07, 6.45) is 0.996. The lowest BCUT2D eigenvalue weighted by atomic mass is 9.95. The first-order valence-electron chi connectivity index (χ1n) is 9.85. The van der Waals surface area contributed by atoms with Crippen LogP contribution in [0.25, 0.3) is 11.0 Å². The molecule has 0 spiro atoms.